The van der Waals surface area contributed by atoms with Crippen molar-refractivity contribution in [2.45, 2.75) is 32.5 Å². The van der Waals surface area contributed by atoms with E-state index in [0.717, 1.165) is 5.56 Å². The van der Waals surface area contributed by atoms with Gasteiger partial charge in [-0.25, -0.2) is 0 Å². The smallest absolute Gasteiger partial charge is 0.229 e. The van der Waals surface area contributed by atoms with Crippen LogP contribution in [0.1, 0.15) is 31.1 Å². The Morgan fingerprint density at radius 3 is 2.34 bits per heavy atom. The van der Waals surface area contributed by atoms with Crippen molar-refractivity contribution in [2.75, 3.05) is 11.1 Å². The number of anilines is 1. The number of thioether (sulfide) groups is 1. The summed E-state index contributed by atoms with van der Waals surface area (Å²) in [5, 5.41) is 12.7. The first-order chi connectivity index (χ1) is 15.2. The minimum atomic E-state index is -0.489. The topological polar surface area (TPSA) is 76.9 Å². The minimum absolute atomic E-state index is 0.0371. The summed E-state index contributed by atoms with van der Waals surface area (Å²) in [6.07, 6.45) is 1.76. The second-order valence-electron chi connectivity index (χ2n) is 8.21. The highest BCUT2D eigenvalue weighted by atomic mass is 35.5. The number of nitrogens with one attached hydrogen (secondary N) is 1. The molecule has 0 bridgehead atoms. The Morgan fingerprint density at radius 2 is 1.75 bits per heavy atom. The number of nitrogens with zero attached hydrogens (tertiary/aromatic N) is 3. The van der Waals surface area contributed by atoms with Gasteiger partial charge in [0.1, 0.15) is 0 Å². The third-order valence-electron chi connectivity index (χ3n) is 4.61. The molecule has 0 aliphatic carbocycles. The van der Waals surface area contributed by atoms with E-state index in [1.165, 1.54) is 11.8 Å². The lowest BCUT2D eigenvalue weighted by Gasteiger charge is -2.17. The lowest BCUT2D eigenvalue weighted by atomic mass is 9.95. The number of hydrogen-bond donors (Lipinski definition) is 1. The van der Waals surface area contributed by atoms with Crippen molar-refractivity contribution in [3.05, 3.63) is 71.8 Å². The highest BCUT2D eigenvalue weighted by Gasteiger charge is 2.21. The predicted octanol–water partition coefficient (Wildman–Crippen LogP) is 5.74. The maximum atomic E-state index is 12.7. The molecule has 0 aliphatic rings. The van der Waals surface area contributed by atoms with E-state index in [4.69, 9.17) is 11.6 Å². The van der Waals surface area contributed by atoms with Gasteiger partial charge < -0.3 is 5.32 Å². The molecule has 0 saturated carbocycles. The fourth-order valence-corrected chi connectivity index (χ4v) is 3.74. The van der Waals surface area contributed by atoms with Crippen LogP contribution in [0.5, 0.6) is 0 Å². The number of carbonyl (C=O) groups is 2. The lowest BCUT2D eigenvalue weighted by molar-refractivity contribution is -0.123. The molecule has 2 aromatic carbocycles. The zero-order chi connectivity index (χ0) is 23.3. The highest BCUT2D eigenvalue weighted by molar-refractivity contribution is 7.99. The lowest BCUT2D eigenvalue weighted by Crippen LogP contribution is -2.27. The molecule has 0 spiro atoms. The molecule has 1 aromatic heterocycles. The van der Waals surface area contributed by atoms with Gasteiger partial charge in [-0.15, -0.1) is 16.8 Å². The van der Waals surface area contributed by atoms with Crippen LogP contribution in [0.25, 0.3) is 11.4 Å². The van der Waals surface area contributed by atoms with Crippen LogP contribution in [0, 0.1) is 5.41 Å². The Kier molecular flexibility index (Phi) is 7.53. The Labute approximate surface area is 197 Å². The predicted molar refractivity (Wildman–Crippen MR) is 130 cm³/mol. The van der Waals surface area contributed by atoms with Crippen LogP contribution in [0.3, 0.4) is 0 Å². The van der Waals surface area contributed by atoms with Crippen molar-refractivity contribution in [3.63, 3.8) is 0 Å². The Bertz CT molecular complexity index is 1120. The van der Waals surface area contributed by atoms with Gasteiger partial charge in [0.25, 0.3) is 0 Å². The van der Waals surface area contributed by atoms with Gasteiger partial charge in [-0.05, 0) is 48.5 Å². The molecule has 166 valence electrons. The summed E-state index contributed by atoms with van der Waals surface area (Å²) in [6, 6.07) is 14.3. The van der Waals surface area contributed by atoms with Gasteiger partial charge in [0.05, 0.1) is 5.75 Å². The Balaban J connectivity index is 1.68. The van der Waals surface area contributed by atoms with Crippen molar-refractivity contribution >= 4 is 40.7 Å². The first kappa shape index (κ1) is 23.8. The van der Waals surface area contributed by atoms with Gasteiger partial charge in [0.15, 0.2) is 16.8 Å². The molecule has 3 rings (SSSR count). The summed E-state index contributed by atoms with van der Waals surface area (Å²) >= 11 is 7.30. The van der Waals surface area contributed by atoms with Crippen LogP contribution in [-0.2, 0) is 11.3 Å². The van der Waals surface area contributed by atoms with Crippen LogP contribution in [0.4, 0.5) is 5.69 Å². The maximum absolute atomic E-state index is 12.7. The summed E-state index contributed by atoms with van der Waals surface area (Å²) in [7, 11) is 0. The Hall–Kier alpha value is -2.90. The molecule has 0 atom stereocenters. The van der Waals surface area contributed by atoms with E-state index >= 15 is 0 Å². The number of benzene rings is 2. The molecule has 0 saturated heterocycles. The van der Waals surface area contributed by atoms with Gasteiger partial charge in [-0.1, -0.05) is 50.2 Å². The minimum Gasteiger partial charge on any atom is -0.326 e. The number of hydrogen-bond acceptors (Lipinski definition) is 5. The first-order valence-electron chi connectivity index (χ1n) is 10.1. The number of rotatable bonds is 8. The maximum Gasteiger partial charge on any atom is 0.229 e. The summed E-state index contributed by atoms with van der Waals surface area (Å²) in [5.74, 6) is 0.786. The van der Waals surface area contributed by atoms with Crippen molar-refractivity contribution in [3.8, 4) is 11.4 Å². The van der Waals surface area contributed by atoms with Crippen molar-refractivity contribution < 1.29 is 9.59 Å². The van der Waals surface area contributed by atoms with Crippen molar-refractivity contribution in [1.82, 2.24) is 14.8 Å². The molecule has 0 aliphatic heterocycles. The number of Topliss-reactive ketones (excluding diaryl/α,β-unsaturated/α-hetero) is 1. The van der Waals surface area contributed by atoms with E-state index < -0.39 is 5.41 Å². The summed E-state index contributed by atoms with van der Waals surface area (Å²) in [6.45, 7) is 9.87. The van der Waals surface area contributed by atoms with Crippen LogP contribution >= 0.6 is 23.4 Å². The second kappa shape index (κ2) is 10.1. The van der Waals surface area contributed by atoms with Crippen LogP contribution in [0.2, 0.25) is 5.02 Å². The molecule has 1 N–H and O–H groups in total. The van der Waals surface area contributed by atoms with E-state index in [1.54, 1.807) is 42.5 Å². The molecule has 1 heterocycles. The molecular formula is C24H25ClN4O2S. The third-order valence-corrected chi connectivity index (χ3v) is 5.83. The second-order valence-corrected chi connectivity index (χ2v) is 9.58. The van der Waals surface area contributed by atoms with E-state index in [0.29, 0.717) is 33.8 Å². The number of halogens is 1. The van der Waals surface area contributed by atoms with Gasteiger partial charge in [0.2, 0.25) is 5.91 Å². The monoisotopic (exact) mass is 468 g/mol. The van der Waals surface area contributed by atoms with E-state index in [-0.39, 0.29) is 17.4 Å². The highest BCUT2D eigenvalue weighted by Crippen LogP contribution is 2.26. The summed E-state index contributed by atoms with van der Waals surface area (Å²) in [4.78, 5) is 24.8. The van der Waals surface area contributed by atoms with Gasteiger partial charge in [-0.3, -0.25) is 14.2 Å². The average molecular weight is 469 g/mol. The molecule has 8 heteroatoms. The van der Waals surface area contributed by atoms with Crippen LogP contribution in [-0.4, -0.2) is 32.2 Å². The number of ketones is 1. The molecule has 0 unspecified atom stereocenters. The average Bonchev–Trinajstić information content (AvgIpc) is 3.15. The largest absolute Gasteiger partial charge is 0.326 e. The fraction of sp³-hybridized carbons (Fsp3) is 0.250. The van der Waals surface area contributed by atoms with Gasteiger partial charge in [-0.2, -0.15) is 0 Å². The van der Waals surface area contributed by atoms with Gasteiger partial charge in [0, 0.05) is 33.8 Å². The molecule has 1 amide bonds. The van der Waals surface area contributed by atoms with Gasteiger partial charge >= 0.3 is 0 Å². The standard InChI is InChI=1S/C24H25ClN4O2S/c1-5-14-29-21(17-6-10-18(25)11-7-17)27-28-23(29)32-15-20(30)16-8-12-19(13-9-16)26-22(31)24(2,3)4/h5-13H,1,14-15H2,2-4H3,(H,26,31). The number of allylic oxidation sites excluding steroid dienone is 1. The Morgan fingerprint density at radius 1 is 1.09 bits per heavy atom. The molecule has 3 aromatic rings. The molecule has 0 radical (unpaired) electrons. The quantitative estimate of drug-likeness (QED) is 0.259. The number of amides is 1. The third kappa shape index (κ3) is 5.87. The normalized spacial score (nSPS) is 11.2. The van der Waals surface area contributed by atoms with E-state index in [1.807, 2.05) is 37.5 Å². The molecule has 32 heavy (non-hydrogen) atoms. The van der Waals surface area contributed by atoms with E-state index in [2.05, 4.69) is 22.1 Å². The SMILES string of the molecule is C=CCn1c(SCC(=O)c2ccc(NC(=O)C(C)(C)C)cc2)nnc1-c1ccc(Cl)cc1. The van der Waals surface area contributed by atoms with Crippen molar-refractivity contribution in [1.29, 1.82) is 0 Å². The fourth-order valence-electron chi connectivity index (χ4n) is 2.77. The van der Waals surface area contributed by atoms with Crippen LogP contribution < -0.4 is 5.32 Å². The van der Waals surface area contributed by atoms with Crippen molar-refractivity contribution in [2.24, 2.45) is 5.41 Å². The molecule has 0 fully saturated rings. The van der Waals surface area contributed by atoms with Crippen LogP contribution in [0.15, 0.2) is 66.3 Å². The zero-order valence-corrected chi connectivity index (χ0v) is 19.8. The van der Waals surface area contributed by atoms with E-state index in [9.17, 15) is 9.59 Å². The molecular weight excluding hydrogens is 444 g/mol. The first-order valence-corrected chi connectivity index (χ1v) is 11.4. The summed E-state index contributed by atoms with van der Waals surface area (Å²) in [5.41, 5.74) is 1.62. The number of carbonyl (C=O) groups excluding carboxylic acids is 2. The molecule has 6 nitrogen and oxygen atoms in total. The summed E-state index contributed by atoms with van der Waals surface area (Å²) < 4.78 is 1.92. The zero-order valence-electron chi connectivity index (χ0n) is 18.3. The number of aromatic nitrogens is 3.